The smallest absolute Gasteiger partial charge is 0.158 e. The van der Waals surface area contributed by atoms with E-state index in [-0.39, 0.29) is 12.2 Å². The van der Waals surface area contributed by atoms with Gasteiger partial charge in [0.2, 0.25) is 0 Å². The Kier molecular flexibility index (Phi) is 7.28. The van der Waals surface area contributed by atoms with Gasteiger partial charge in [0.25, 0.3) is 0 Å². The molecule has 2 heteroatoms. The number of aliphatic hydroxyl groups is 1. The Morgan fingerprint density at radius 3 is 2.55 bits per heavy atom. The van der Waals surface area contributed by atoms with Crippen molar-refractivity contribution in [2.24, 2.45) is 11.8 Å². The summed E-state index contributed by atoms with van der Waals surface area (Å²) in [6, 6.07) is 0. The molecular formula is C20H32O2. The van der Waals surface area contributed by atoms with Gasteiger partial charge in [-0.05, 0) is 64.4 Å². The summed E-state index contributed by atoms with van der Waals surface area (Å²) in [5, 5.41) is 10.4. The minimum Gasteiger partial charge on any atom is -0.386 e. The van der Waals surface area contributed by atoms with Crippen LogP contribution in [0, 0.1) is 11.8 Å². The van der Waals surface area contributed by atoms with Crippen LogP contribution in [0.25, 0.3) is 0 Å². The maximum atomic E-state index is 12.1. The molecule has 0 amide bonds. The molecule has 0 aliphatic heterocycles. The SMILES string of the molecule is C/C1=C/C(=O)C[C@](C)(O)/C=C/[C@H](C(C)C)CC/C(C)=C/CC1. The molecule has 0 heterocycles. The molecule has 1 N–H and O–H groups in total. The second kappa shape index (κ2) is 8.47. The van der Waals surface area contributed by atoms with E-state index in [1.165, 1.54) is 5.57 Å². The third-order valence-electron chi connectivity index (χ3n) is 4.40. The molecule has 0 spiro atoms. The van der Waals surface area contributed by atoms with E-state index in [0.717, 1.165) is 31.3 Å². The lowest BCUT2D eigenvalue weighted by atomic mass is 9.86. The second-order valence-corrected chi connectivity index (χ2v) is 7.39. The zero-order valence-corrected chi connectivity index (χ0v) is 14.9. The summed E-state index contributed by atoms with van der Waals surface area (Å²) >= 11 is 0. The lowest BCUT2D eigenvalue weighted by Crippen LogP contribution is -2.25. The van der Waals surface area contributed by atoms with E-state index in [1.54, 1.807) is 13.0 Å². The molecule has 1 aliphatic rings. The van der Waals surface area contributed by atoms with Crippen molar-refractivity contribution in [2.45, 2.75) is 72.3 Å². The van der Waals surface area contributed by atoms with Crippen molar-refractivity contribution in [3.05, 3.63) is 35.5 Å². The molecule has 0 fully saturated rings. The highest BCUT2D eigenvalue weighted by Crippen LogP contribution is 2.24. The summed E-state index contributed by atoms with van der Waals surface area (Å²) in [6.07, 6.45) is 12.2. The van der Waals surface area contributed by atoms with Gasteiger partial charge in [0.05, 0.1) is 5.60 Å². The normalized spacial score (nSPS) is 35.2. The largest absolute Gasteiger partial charge is 0.386 e. The number of rotatable bonds is 1. The average molecular weight is 304 g/mol. The summed E-state index contributed by atoms with van der Waals surface area (Å²) in [4.78, 5) is 12.1. The first-order valence-electron chi connectivity index (χ1n) is 8.47. The molecule has 2 atom stereocenters. The lowest BCUT2D eigenvalue weighted by Gasteiger charge is -2.22. The number of allylic oxidation sites excluding steroid dienone is 5. The standard InChI is InChI=1S/C20H32O2/c1-15(2)18-10-9-16(3)7-6-8-17(4)13-19(21)14-20(5,22)12-11-18/h7,11-13,15,18,22H,6,8-10,14H2,1-5H3/b12-11+,16-7+,17-13-/t18-,20-/m1/s1. The third-order valence-corrected chi connectivity index (χ3v) is 4.40. The van der Waals surface area contributed by atoms with Crippen molar-refractivity contribution in [3.8, 4) is 0 Å². The maximum absolute atomic E-state index is 12.1. The van der Waals surface area contributed by atoms with Gasteiger partial charge in [-0.25, -0.2) is 0 Å². The van der Waals surface area contributed by atoms with Crippen LogP contribution in [0.1, 0.15) is 66.7 Å². The molecule has 0 saturated heterocycles. The summed E-state index contributed by atoms with van der Waals surface area (Å²) in [6.45, 7) is 10.3. The molecular weight excluding hydrogens is 272 g/mol. The monoisotopic (exact) mass is 304 g/mol. The van der Waals surface area contributed by atoms with E-state index < -0.39 is 5.60 Å². The van der Waals surface area contributed by atoms with Crippen molar-refractivity contribution in [1.82, 2.24) is 0 Å². The predicted octanol–water partition coefficient (Wildman–Crippen LogP) is 4.99. The van der Waals surface area contributed by atoms with Gasteiger partial charge in [0.15, 0.2) is 5.78 Å². The molecule has 0 unspecified atom stereocenters. The van der Waals surface area contributed by atoms with Crippen molar-refractivity contribution in [2.75, 3.05) is 0 Å². The molecule has 124 valence electrons. The molecule has 0 aromatic carbocycles. The Hall–Kier alpha value is -1.15. The van der Waals surface area contributed by atoms with Gasteiger partial charge in [-0.15, -0.1) is 0 Å². The fourth-order valence-corrected chi connectivity index (χ4v) is 2.84. The number of carbonyl (C=O) groups excluding carboxylic acids is 1. The number of hydrogen-bond acceptors (Lipinski definition) is 2. The molecule has 22 heavy (non-hydrogen) atoms. The first-order valence-corrected chi connectivity index (χ1v) is 8.47. The van der Waals surface area contributed by atoms with Crippen LogP contribution in [-0.4, -0.2) is 16.5 Å². The van der Waals surface area contributed by atoms with Crippen molar-refractivity contribution in [3.63, 3.8) is 0 Å². The maximum Gasteiger partial charge on any atom is 0.158 e. The number of hydrogen-bond donors (Lipinski definition) is 1. The molecule has 0 aromatic heterocycles. The van der Waals surface area contributed by atoms with Gasteiger partial charge in [-0.1, -0.05) is 43.2 Å². The zero-order valence-electron chi connectivity index (χ0n) is 14.9. The Balaban J connectivity index is 2.99. The Bertz CT molecular complexity index is 464. The van der Waals surface area contributed by atoms with Crippen LogP contribution in [0.5, 0.6) is 0 Å². The molecule has 0 aromatic rings. The van der Waals surface area contributed by atoms with Gasteiger partial charge in [-0.2, -0.15) is 0 Å². The molecule has 1 rings (SSSR count). The summed E-state index contributed by atoms with van der Waals surface area (Å²) in [7, 11) is 0. The predicted molar refractivity (Wildman–Crippen MR) is 93.7 cm³/mol. The highest BCUT2D eigenvalue weighted by Gasteiger charge is 2.21. The fourth-order valence-electron chi connectivity index (χ4n) is 2.84. The van der Waals surface area contributed by atoms with Gasteiger partial charge >= 0.3 is 0 Å². The molecule has 0 bridgehead atoms. The zero-order chi connectivity index (χ0) is 16.8. The number of carbonyl (C=O) groups is 1. The minimum absolute atomic E-state index is 0.00556. The van der Waals surface area contributed by atoms with Crippen molar-refractivity contribution < 1.29 is 9.90 Å². The quantitative estimate of drug-likeness (QED) is 0.693. The van der Waals surface area contributed by atoms with Crippen LogP contribution < -0.4 is 0 Å². The minimum atomic E-state index is -1.06. The van der Waals surface area contributed by atoms with Crippen molar-refractivity contribution in [1.29, 1.82) is 0 Å². The molecule has 1 aliphatic carbocycles. The van der Waals surface area contributed by atoms with Crippen LogP contribution in [0.15, 0.2) is 35.5 Å². The first-order chi connectivity index (χ1) is 10.2. The van der Waals surface area contributed by atoms with E-state index in [9.17, 15) is 9.90 Å². The summed E-state index contributed by atoms with van der Waals surface area (Å²) in [5.74, 6) is 0.974. The van der Waals surface area contributed by atoms with Crippen molar-refractivity contribution >= 4 is 5.78 Å². The van der Waals surface area contributed by atoms with E-state index in [0.29, 0.717) is 11.8 Å². The highest BCUT2D eigenvalue weighted by atomic mass is 16.3. The average Bonchev–Trinajstić information content (AvgIpc) is 2.36. The first kappa shape index (κ1) is 18.9. The van der Waals surface area contributed by atoms with E-state index in [1.807, 2.05) is 13.0 Å². The van der Waals surface area contributed by atoms with Crippen LogP contribution in [0.2, 0.25) is 0 Å². The van der Waals surface area contributed by atoms with Gasteiger partial charge in [0.1, 0.15) is 0 Å². The lowest BCUT2D eigenvalue weighted by molar-refractivity contribution is -0.117. The molecule has 0 radical (unpaired) electrons. The van der Waals surface area contributed by atoms with Crippen LogP contribution in [0.4, 0.5) is 0 Å². The van der Waals surface area contributed by atoms with Crippen LogP contribution in [-0.2, 0) is 4.79 Å². The molecule has 2 nitrogen and oxygen atoms in total. The summed E-state index contributed by atoms with van der Waals surface area (Å²) < 4.78 is 0. The fraction of sp³-hybridized carbons (Fsp3) is 0.650. The van der Waals surface area contributed by atoms with Crippen LogP contribution >= 0.6 is 0 Å². The van der Waals surface area contributed by atoms with Gasteiger partial charge in [0, 0.05) is 6.42 Å². The summed E-state index contributed by atoms with van der Waals surface area (Å²) in [5.41, 5.74) is 1.45. The Morgan fingerprint density at radius 2 is 1.91 bits per heavy atom. The Labute approximate surface area is 136 Å². The van der Waals surface area contributed by atoms with Crippen LogP contribution in [0.3, 0.4) is 0 Å². The Morgan fingerprint density at radius 1 is 1.23 bits per heavy atom. The van der Waals surface area contributed by atoms with Gasteiger partial charge in [-0.3, -0.25) is 4.79 Å². The van der Waals surface area contributed by atoms with E-state index in [4.69, 9.17) is 0 Å². The highest BCUT2D eigenvalue weighted by molar-refractivity contribution is 5.91. The van der Waals surface area contributed by atoms with E-state index >= 15 is 0 Å². The van der Waals surface area contributed by atoms with E-state index in [2.05, 4.69) is 32.9 Å². The van der Waals surface area contributed by atoms with Gasteiger partial charge < -0.3 is 5.11 Å². The molecule has 0 saturated carbocycles. The second-order valence-electron chi connectivity index (χ2n) is 7.39. The third kappa shape index (κ3) is 7.22. The number of ketones is 1. The topological polar surface area (TPSA) is 37.3 Å².